The van der Waals surface area contributed by atoms with Crippen LogP contribution in [0.4, 0.5) is 0 Å². The lowest BCUT2D eigenvalue weighted by molar-refractivity contribution is 0.0908. The van der Waals surface area contributed by atoms with Gasteiger partial charge in [0.05, 0.1) is 11.4 Å². The molecule has 2 N–H and O–H groups in total. The van der Waals surface area contributed by atoms with Crippen LogP contribution in [-0.2, 0) is 6.42 Å². The van der Waals surface area contributed by atoms with Crippen molar-refractivity contribution in [3.63, 3.8) is 0 Å². The first-order valence-electron chi connectivity index (χ1n) is 8.32. The minimum atomic E-state index is -0.154. The second-order valence-corrected chi connectivity index (χ2v) is 6.62. The minimum absolute atomic E-state index is 0.154. The molecule has 2 aromatic rings. The molecule has 0 spiro atoms. The third-order valence-electron chi connectivity index (χ3n) is 4.47. The van der Waals surface area contributed by atoms with E-state index in [0.29, 0.717) is 23.1 Å². The Labute approximate surface area is 146 Å². The molecule has 1 fully saturated rings. The lowest BCUT2D eigenvalue weighted by Gasteiger charge is -2.30. The zero-order valence-corrected chi connectivity index (χ0v) is 14.7. The average molecular weight is 348 g/mol. The molecule has 7 heteroatoms. The number of hydrogen-bond donors (Lipinski definition) is 2. The maximum atomic E-state index is 12.7. The van der Waals surface area contributed by atoms with E-state index in [1.54, 1.807) is 10.7 Å². The molecule has 1 aromatic heterocycles. The SMILES string of the molecule is CCc1c(C(=O)NC2CCNCC2C)nnn1-c1cccc(Cl)c1. The molecule has 3 rings (SSSR count). The van der Waals surface area contributed by atoms with E-state index in [0.717, 1.165) is 30.9 Å². The predicted octanol–water partition coefficient (Wildman–Crippen LogP) is 2.21. The highest BCUT2D eigenvalue weighted by Crippen LogP contribution is 2.18. The summed E-state index contributed by atoms with van der Waals surface area (Å²) < 4.78 is 1.69. The van der Waals surface area contributed by atoms with E-state index in [4.69, 9.17) is 11.6 Å². The fraction of sp³-hybridized carbons (Fsp3) is 0.471. The summed E-state index contributed by atoms with van der Waals surface area (Å²) in [6.45, 7) is 5.97. The number of nitrogens with zero attached hydrogens (tertiary/aromatic N) is 3. The van der Waals surface area contributed by atoms with Gasteiger partial charge in [0.2, 0.25) is 0 Å². The van der Waals surface area contributed by atoms with Crippen LogP contribution < -0.4 is 10.6 Å². The molecular weight excluding hydrogens is 326 g/mol. The number of carbonyl (C=O) groups excluding carboxylic acids is 1. The van der Waals surface area contributed by atoms with E-state index >= 15 is 0 Å². The summed E-state index contributed by atoms with van der Waals surface area (Å²) in [5.74, 6) is 0.245. The van der Waals surface area contributed by atoms with Gasteiger partial charge in [-0.25, -0.2) is 4.68 Å². The first-order chi connectivity index (χ1) is 11.6. The molecule has 2 atom stereocenters. The largest absolute Gasteiger partial charge is 0.347 e. The van der Waals surface area contributed by atoms with Gasteiger partial charge in [0, 0.05) is 11.1 Å². The molecule has 0 saturated carbocycles. The van der Waals surface area contributed by atoms with Gasteiger partial charge in [-0.15, -0.1) is 5.10 Å². The molecule has 0 radical (unpaired) electrons. The van der Waals surface area contributed by atoms with Crippen molar-refractivity contribution in [1.29, 1.82) is 0 Å². The zero-order chi connectivity index (χ0) is 17.1. The molecule has 2 heterocycles. The Morgan fingerprint density at radius 3 is 3.04 bits per heavy atom. The molecule has 1 aromatic carbocycles. The van der Waals surface area contributed by atoms with Crippen molar-refractivity contribution in [3.8, 4) is 5.69 Å². The minimum Gasteiger partial charge on any atom is -0.347 e. The topological polar surface area (TPSA) is 71.8 Å². The Bertz CT molecular complexity index is 730. The quantitative estimate of drug-likeness (QED) is 0.889. The van der Waals surface area contributed by atoms with Gasteiger partial charge in [-0.1, -0.05) is 36.7 Å². The Kier molecular flexibility index (Phi) is 5.16. The van der Waals surface area contributed by atoms with Crippen LogP contribution in [0, 0.1) is 5.92 Å². The van der Waals surface area contributed by atoms with Gasteiger partial charge in [-0.05, 0) is 50.0 Å². The second-order valence-electron chi connectivity index (χ2n) is 6.18. The zero-order valence-electron chi connectivity index (χ0n) is 13.9. The molecule has 1 saturated heterocycles. The number of benzene rings is 1. The monoisotopic (exact) mass is 347 g/mol. The highest BCUT2D eigenvalue weighted by Gasteiger charge is 2.26. The summed E-state index contributed by atoms with van der Waals surface area (Å²) in [6, 6.07) is 7.54. The Morgan fingerprint density at radius 2 is 2.33 bits per heavy atom. The van der Waals surface area contributed by atoms with Crippen molar-refractivity contribution >= 4 is 17.5 Å². The van der Waals surface area contributed by atoms with Crippen molar-refractivity contribution in [2.24, 2.45) is 5.92 Å². The average Bonchev–Trinajstić information content (AvgIpc) is 3.01. The lowest BCUT2D eigenvalue weighted by Crippen LogP contribution is -2.48. The van der Waals surface area contributed by atoms with Crippen LogP contribution >= 0.6 is 11.6 Å². The summed E-state index contributed by atoms with van der Waals surface area (Å²) in [7, 11) is 0. The van der Waals surface area contributed by atoms with Crippen LogP contribution in [0.3, 0.4) is 0 Å². The van der Waals surface area contributed by atoms with Gasteiger partial charge in [-0.2, -0.15) is 0 Å². The van der Waals surface area contributed by atoms with Gasteiger partial charge in [0.25, 0.3) is 5.91 Å². The molecular formula is C17H22ClN5O. The van der Waals surface area contributed by atoms with E-state index in [2.05, 4.69) is 27.9 Å². The standard InChI is InChI=1S/C17H22ClN5O/c1-3-15-16(17(24)20-14-7-8-19-10-11(14)2)21-22-23(15)13-6-4-5-12(18)9-13/h4-6,9,11,14,19H,3,7-8,10H2,1-2H3,(H,20,24). The molecule has 128 valence electrons. The maximum Gasteiger partial charge on any atom is 0.274 e. The normalized spacial score (nSPS) is 20.8. The number of rotatable bonds is 4. The number of hydrogen-bond acceptors (Lipinski definition) is 4. The summed E-state index contributed by atoms with van der Waals surface area (Å²) in [6.07, 6.45) is 1.58. The van der Waals surface area contributed by atoms with Gasteiger partial charge >= 0.3 is 0 Å². The van der Waals surface area contributed by atoms with Gasteiger partial charge in [0.1, 0.15) is 0 Å². The van der Waals surface area contributed by atoms with Crippen molar-refractivity contribution < 1.29 is 4.79 Å². The van der Waals surface area contributed by atoms with E-state index in [9.17, 15) is 4.79 Å². The summed E-state index contributed by atoms with van der Waals surface area (Å²) >= 11 is 6.06. The fourth-order valence-electron chi connectivity index (χ4n) is 3.08. The Balaban J connectivity index is 1.84. The number of nitrogens with one attached hydrogen (secondary N) is 2. The molecule has 0 bridgehead atoms. The first-order valence-corrected chi connectivity index (χ1v) is 8.70. The molecule has 0 aliphatic carbocycles. The Hall–Kier alpha value is -1.92. The van der Waals surface area contributed by atoms with Crippen molar-refractivity contribution in [2.75, 3.05) is 13.1 Å². The number of carbonyl (C=O) groups is 1. The molecule has 1 amide bonds. The van der Waals surface area contributed by atoms with Crippen LogP contribution in [0.1, 0.15) is 36.5 Å². The van der Waals surface area contributed by atoms with Gasteiger partial charge < -0.3 is 10.6 Å². The third-order valence-corrected chi connectivity index (χ3v) is 4.70. The number of piperidine rings is 1. The van der Waals surface area contributed by atoms with Gasteiger partial charge in [0.15, 0.2) is 5.69 Å². The number of amides is 1. The number of aromatic nitrogens is 3. The van der Waals surface area contributed by atoms with Crippen LogP contribution in [0.15, 0.2) is 24.3 Å². The molecule has 24 heavy (non-hydrogen) atoms. The maximum absolute atomic E-state index is 12.7. The highest BCUT2D eigenvalue weighted by molar-refractivity contribution is 6.30. The third kappa shape index (κ3) is 3.44. The van der Waals surface area contributed by atoms with Crippen LogP contribution in [0.2, 0.25) is 5.02 Å². The Morgan fingerprint density at radius 1 is 1.50 bits per heavy atom. The van der Waals surface area contributed by atoms with E-state index in [1.165, 1.54) is 0 Å². The van der Waals surface area contributed by atoms with Crippen LogP contribution in [-0.4, -0.2) is 40.0 Å². The lowest BCUT2D eigenvalue weighted by atomic mass is 9.95. The van der Waals surface area contributed by atoms with Crippen molar-refractivity contribution in [3.05, 3.63) is 40.7 Å². The summed E-state index contributed by atoms with van der Waals surface area (Å²) in [4.78, 5) is 12.7. The smallest absolute Gasteiger partial charge is 0.274 e. The summed E-state index contributed by atoms with van der Waals surface area (Å²) in [5, 5.41) is 15.4. The van der Waals surface area contributed by atoms with E-state index in [1.807, 2.05) is 25.1 Å². The molecule has 2 unspecified atom stereocenters. The van der Waals surface area contributed by atoms with Crippen LogP contribution in [0.5, 0.6) is 0 Å². The van der Waals surface area contributed by atoms with Crippen molar-refractivity contribution in [1.82, 2.24) is 25.6 Å². The van der Waals surface area contributed by atoms with Crippen LogP contribution in [0.25, 0.3) is 5.69 Å². The molecule has 6 nitrogen and oxygen atoms in total. The first kappa shape index (κ1) is 16.9. The van der Waals surface area contributed by atoms with Crippen molar-refractivity contribution in [2.45, 2.75) is 32.7 Å². The van der Waals surface area contributed by atoms with E-state index < -0.39 is 0 Å². The van der Waals surface area contributed by atoms with Gasteiger partial charge in [-0.3, -0.25) is 4.79 Å². The predicted molar refractivity (Wildman–Crippen MR) is 93.7 cm³/mol. The fourth-order valence-corrected chi connectivity index (χ4v) is 3.26. The number of halogens is 1. The molecule has 1 aliphatic rings. The second kappa shape index (κ2) is 7.32. The van der Waals surface area contributed by atoms with E-state index in [-0.39, 0.29) is 11.9 Å². The summed E-state index contributed by atoms with van der Waals surface area (Å²) in [5.41, 5.74) is 1.99. The highest BCUT2D eigenvalue weighted by atomic mass is 35.5. The molecule has 1 aliphatic heterocycles.